The van der Waals surface area contributed by atoms with Crippen LogP contribution in [0.1, 0.15) is 26.7 Å². The number of halogens is 1. The lowest BCUT2D eigenvalue weighted by molar-refractivity contribution is -0.127. The van der Waals surface area contributed by atoms with Gasteiger partial charge in [0.15, 0.2) is 6.10 Å². The molecule has 4 heteroatoms. The first-order chi connectivity index (χ1) is 8.15. The van der Waals surface area contributed by atoms with Gasteiger partial charge in [0.2, 0.25) is 0 Å². The first kappa shape index (κ1) is 13.8. The van der Waals surface area contributed by atoms with E-state index < -0.39 is 6.10 Å². The normalized spacial score (nSPS) is 11.9. The lowest BCUT2D eigenvalue weighted by atomic mass is 10.3. The maximum atomic E-state index is 11.7. The minimum atomic E-state index is -0.535. The highest BCUT2D eigenvalue weighted by Crippen LogP contribution is 2.24. The van der Waals surface area contributed by atoms with Crippen LogP contribution in [0.5, 0.6) is 5.75 Å². The lowest BCUT2D eigenvalue weighted by Crippen LogP contribution is -2.36. The molecule has 1 atom stereocenters. The third-order valence-corrected chi connectivity index (χ3v) is 2.65. The van der Waals surface area contributed by atoms with Crippen LogP contribution < -0.4 is 10.1 Å². The molecule has 1 rings (SSSR count). The smallest absolute Gasteiger partial charge is 0.260 e. The average Bonchev–Trinajstić information content (AvgIpc) is 2.32. The second-order valence-electron chi connectivity index (χ2n) is 3.84. The van der Waals surface area contributed by atoms with Gasteiger partial charge in [-0.1, -0.05) is 37.1 Å². The number of carbonyl (C=O) groups excluding carboxylic acids is 1. The number of hydrogen-bond acceptors (Lipinski definition) is 2. The van der Waals surface area contributed by atoms with E-state index in [9.17, 15) is 4.79 Å². The molecule has 0 aromatic heterocycles. The molecule has 0 saturated carbocycles. The van der Waals surface area contributed by atoms with Crippen LogP contribution >= 0.6 is 11.6 Å². The number of benzene rings is 1. The van der Waals surface area contributed by atoms with Crippen LogP contribution in [0.2, 0.25) is 5.02 Å². The fourth-order valence-corrected chi connectivity index (χ4v) is 1.50. The summed E-state index contributed by atoms with van der Waals surface area (Å²) < 4.78 is 5.49. The fourth-order valence-electron chi connectivity index (χ4n) is 1.32. The monoisotopic (exact) mass is 255 g/mol. The Kier molecular flexibility index (Phi) is 5.84. The Bertz CT molecular complexity index is 368. The van der Waals surface area contributed by atoms with Crippen molar-refractivity contribution >= 4 is 17.5 Å². The fraction of sp³-hybridized carbons (Fsp3) is 0.462. The first-order valence-electron chi connectivity index (χ1n) is 5.84. The SMILES string of the molecule is CCCCNC(=O)C(C)Oc1ccccc1Cl. The van der Waals surface area contributed by atoms with E-state index in [-0.39, 0.29) is 5.91 Å². The molecule has 3 nitrogen and oxygen atoms in total. The van der Waals surface area contributed by atoms with Gasteiger partial charge in [-0.25, -0.2) is 0 Å². The van der Waals surface area contributed by atoms with E-state index in [1.807, 2.05) is 12.1 Å². The maximum absolute atomic E-state index is 11.7. The summed E-state index contributed by atoms with van der Waals surface area (Å²) in [4.78, 5) is 11.7. The first-order valence-corrected chi connectivity index (χ1v) is 6.21. The van der Waals surface area contributed by atoms with Gasteiger partial charge in [-0.15, -0.1) is 0 Å². The summed E-state index contributed by atoms with van der Waals surface area (Å²) in [5.74, 6) is 0.422. The summed E-state index contributed by atoms with van der Waals surface area (Å²) in [6.45, 7) is 4.48. The van der Waals surface area contributed by atoms with Crippen LogP contribution in [0.15, 0.2) is 24.3 Å². The van der Waals surface area contributed by atoms with Crippen molar-refractivity contribution in [2.24, 2.45) is 0 Å². The van der Waals surface area contributed by atoms with Crippen molar-refractivity contribution in [3.63, 3.8) is 0 Å². The van der Waals surface area contributed by atoms with E-state index in [0.29, 0.717) is 17.3 Å². The molecule has 1 amide bonds. The molecule has 1 unspecified atom stereocenters. The zero-order valence-corrected chi connectivity index (χ0v) is 11.0. The summed E-state index contributed by atoms with van der Waals surface area (Å²) in [5.41, 5.74) is 0. The molecular formula is C13H18ClNO2. The molecule has 0 spiro atoms. The van der Waals surface area contributed by atoms with Crippen molar-refractivity contribution in [3.8, 4) is 5.75 Å². The van der Waals surface area contributed by atoms with E-state index in [2.05, 4.69) is 12.2 Å². The Morgan fingerprint density at radius 3 is 2.82 bits per heavy atom. The standard InChI is InChI=1S/C13H18ClNO2/c1-3-4-9-15-13(16)10(2)17-12-8-6-5-7-11(12)14/h5-8,10H,3-4,9H2,1-2H3,(H,15,16). The number of para-hydroxylation sites is 1. The number of unbranched alkanes of at least 4 members (excludes halogenated alkanes) is 1. The third kappa shape index (κ3) is 4.65. The van der Waals surface area contributed by atoms with Gasteiger partial charge in [0.05, 0.1) is 5.02 Å². The predicted molar refractivity (Wildman–Crippen MR) is 69.5 cm³/mol. The molecular weight excluding hydrogens is 238 g/mol. The molecule has 94 valence electrons. The zero-order chi connectivity index (χ0) is 12.7. The molecule has 0 fully saturated rings. The molecule has 1 aromatic carbocycles. The number of ether oxygens (including phenoxy) is 1. The van der Waals surface area contributed by atoms with Crippen LogP contribution in [-0.2, 0) is 4.79 Å². The van der Waals surface area contributed by atoms with Crippen molar-refractivity contribution in [1.29, 1.82) is 0 Å². The van der Waals surface area contributed by atoms with E-state index >= 15 is 0 Å². The highest BCUT2D eigenvalue weighted by atomic mass is 35.5. The maximum Gasteiger partial charge on any atom is 0.260 e. The molecule has 1 aromatic rings. The van der Waals surface area contributed by atoms with Crippen LogP contribution in [0.4, 0.5) is 0 Å². The zero-order valence-electron chi connectivity index (χ0n) is 10.2. The van der Waals surface area contributed by atoms with Crippen LogP contribution in [-0.4, -0.2) is 18.6 Å². The molecule has 0 saturated heterocycles. The number of rotatable bonds is 6. The highest BCUT2D eigenvalue weighted by molar-refractivity contribution is 6.32. The highest BCUT2D eigenvalue weighted by Gasteiger charge is 2.14. The number of carbonyl (C=O) groups is 1. The van der Waals surface area contributed by atoms with Crippen LogP contribution in [0.25, 0.3) is 0 Å². The van der Waals surface area contributed by atoms with E-state index in [4.69, 9.17) is 16.3 Å². The van der Waals surface area contributed by atoms with Gasteiger partial charge in [0.1, 0.15) is 5.75 Å². The summed E-state index contributed by atoms with van der Waals surface area (Å²) in [5, 5.41) is 3.33. The second-order valence-corrected chi connectivity index (χ2v) is 4.24. The van der Waals surface area contributed by atoms with E-state index in [1.165, 1.54) is 0 Å². The van der Waals surface area contributed by atoms with Crippen molar-refractivity contribution in [2.45, 2.75) is 32.8 Å². The largest absolute Gasteiger partial charge is 0.479 e. The molecule has 0 bridgehead atoms. The Morgan fingerprint density at radius 2 is 2.18 bits per heavy atom. The minimum Gasteiger partial charge on any atom is -0.479 e. The van der Waals surface area contributed by atoms with Crippen molar-refractivity contribution in [3.05, 3.63) is 29.3 Å². The van der Waals surface area contributed by atoms with Crippen LogP contribution in [0.3, 0.4) is 0 Å². The molecule has 0 aliphatic carbocycles. The molecule has 17 heavy (non-hydrogen) atoms. The van der Waals surface area contributed by atoms with Crippen molar-refractivity contribution in [2.75, 3.05) is 6.54 Å². The second kappa shape index (κ2) is 7.17. The Labute approximate surface area is 107 Å². The Balaban J connectivity index is 2.46. The predicted octanol–water partition coefficient (Wildman–Crippen LogP) is 3.02. The third-order valence-electron chi connectivity index (χ3n) is 2.34. The van der Waals surface area contributed by atoms with Crippen LogP contribution in [0, 0.1) is 0 Å². The van der Waals surface area contributed by atoms with Gasteiger partial charge in [0, 0.05) is 6.54 Å². The molecule has 0 radical (unpaired) electrons. The Hall–Kier alpha value is -1.22. The summed E-state index contributed by atoms with van der Waals surface area (Å²) in [6.07, 6.45) is 1.50. The molecule has 0 heterocycles. The van der Waals surface area contributed by atoms with Gasteiger partial charge in [-0.3, -0.25) is 4.79 Å². The molecule has 0 aliphatic rings. The van der Waals surface area contributed by atoms with Crippen molar-refractivity contribution < 1.29 is 9.53 Å². The van der Waals surface area contributed by atoms with E-state index in [1.54, 1.807) is 19.1 Å². The summed E-state index contributed by atoms with van der Waals surface area (Å²) in [7, 11) is 0. The minimum absolute atomic E-state index is 0.113. The quantitative estimate of drug-likeness (QED) is 0.794. The molecule has 0 aliphatic heterocycles. The molecule has 1 N–H and O–H groups in total. The van der Waals surface area contributed by atoms with E-state index in [0.717, 1.165) is 12.8 Å². The lowest BCUT2D eigenvalue weighted by Gasteiger charge is -2.15. The number of nitrogens with one attached hydrogen (secondary N) is 1. The van der Waals surface area contributed by atoms with Gasteiger partial charge in [-0.05, 0) is 25.5 Å². The van der Waals surface area contributed by atoms with Crippen molar-refractivity contribution in [1.82, 2.24) is 5.32 Å². The number of amides is 1. The summed E-state index contributed by atoms with van der Waals surface area (Å²) >= 11 is 5.94. The van der Waals surface area contributed by atoms with Gasteiger partial charge in [-0.2, -0.15) is 0 Å². The van der Waals surface area contributed by atoms with Gasteiger partial charge in [0.25, 0.3) is 5.91 Å². The number of hydrogen-bond donors (Lipinski definition) is 1. The van der Waals surface area contributed by atoms with Gasteiger partial charge >= 0.3 is 0 Å². The Morgan fingerprint density at radius 1 is 1.47 bits per heavy atom. The average molecular weight is 256 g/mol. The topological polar surface area (TPSA) is 38.3 Å². The van der Waals surface area contributed by atoms with Gasteiger partial charge < -0.3 is 10.1 Å². The summed E-state index contributed by atoms with van der Waals surface area (Å²) in [6, 6.07) is 7.13.